The fourth-order valence-corrected chi connectivity index (χ4v) is 1.29. The van der Waals surface area contributed by atoms with Gasteiger partial charge in [0.25, 0.3) is 0 Å². The van der Waals surface area contributed by atoms with Crippen molar-refractivity contribution in [3.05, 3.63) is 12.2 Å². The van der Waals surface area contributed by atoms with E-state index in [1.807, 2.05) is 0 Å². The van der Waals surface area contributed by atoms with E-state index in [0.29, 0.717) is 13.0 Å². The average Bonchev–Trinajstić information content (AvgIpc) is 2.26. The lowest BCUT2D eigenvalue weighted by Crippen LogP contribution is -2.39. The SMILES string of the molecule is C=C1CC(O)N(C(=O)OC(C)(C)C)C1. The first kappa shape index (κ1) is 11.0. The van der Waals surface area contributed by atoms with Crippen LogP contribution in [0.2, 0.25) is 0 Å². The van der Waals surface area contributed by atoms with Crippen LogP contribution in [0.1, 0.15) is 27.2 Å². The molecule has 0 aromatic carbocycles. The summed E-state index contributed by atoms with van der Waals surface area (Å²) >= 11 is 0. The van der Waals surface area contributed by atoms with Gasteiger partial charge in [0.05, 0.1) is 0 Å². The topological polar surface area (TPSA) is 49.8 Å². The van der Waals surface area contributed by atoms with Gasteiger partial charge in [-0.05, 0) is 20.8 Å². The van der Waals surface area contributed by atoms with Crippen molar-refractivity contribution in [3.63, 3.8) is 0 Å². The zero-order valence-electron chi connectivity index (χ0n) is 8.91. The van der Waals surface area contributed by atoms with E-state index in [1.165, 1.54) is 4.90 Å². The second-order valence-electron chi connectivity index (χ2n) is 4.54. The number of hydrogen-bond acceptors (Lipinski definition) is 3. The third-order valence-corrected chi connectivity index (χ3v) is 1.85. The van der Waals surface area contributed by atoms with E-state index < -0.39 is 17.9 Å². The van der Waals surface area contributed by atoms with Crippen molar-refractivity contribution >= 4 is 6.09 Å². The van der Waals surface area contributed by atoms with Crippen LogP contribution in [0.15, 0.2) is 12.2 Å². The molecule has 0 aromatic rings. The summed E-state index contributed by atoms with van der Waals surface area (Å²) in [4.78, 5) is 12.8. The number of aliphatic hydroxyl groups excluding tert-OH is 1. The molecule has 0 saturated carbocycles. The first-order valence-electron chi connectivity index (χ1n) is 4.64. The maximum atomic E-state index is 11.5. The van der Waals surface area contributed by atoms with Crippen molar-refractivity contribution < 1.29 is 14.6 Å². The van der Waals surface area contributed by atoms with E-state index in [2.05, 4.69) is 6.58 Å². The molecule has 1 atom stereocenters. The number of likely N-dealkylation sites (tertiary alicyclic amines) is 1. The van der Waals surface area contributed by atoms with Crippen molar-refractivity contribution in [2.75, 3.05) is 6.54 Å². The number of amides is 1. The average molecular weight is 199 g/mol. The second-order valence-corrected chi connectivity index (χ2v) is 4.54. The quantitative estimate of drug-likeness (QED) is 0.601. The first-order chi connectivity index (χ1) is 6.29. The summed E-state index contributed by atoms with van der Waals surface area (Å²) in [5, 5.41) is 9.49. The lowest BCUT2D eigenvalue weighted by atomic mass is 10.2. The van der Waals surface area contributed by atoms with Gasteiger partial charge in [0, 0.05) is 13.0 Å². The normalized spacial score (nSPS) is 22.7. The van der Waals surface area contributed by atoms with Crippen molar-refractivity contribution in [1.29, 1.82) is 0 Å². The molecule has 1 unspecified atom stereocenters. The minimum Gasteiger partial charge on any atom is -0.444 e. The van der Waals surface area contributed by atoms with E-state index >= 15 is 0 Å². The number of aliphatic hydroxyl groups is 1. The van der Waals surface area contributed by atoms with Gasteiger partial charge in [0.2, 0.25) is 0 Å². The molecule has 1 heterocycles. The summed E-state index contributed by atoms with van der Waals surface area (Å²) in [5.74, 6) is 0. The molecule has 1 amide bonds. The Morgan fingerprint density at radius 3 is 2.57 bits per heavy atom. The first-order valence-corrected chi connectivity index (χ1v) is 4.64. The molecule has 14 heavy (non-hydrogen) atoms. The zero-order chi connectivity index (χ0) is 10.9. The third-order valence-electron chi connectivity index (χ3n) is 1.85. The standard InChI is InChI=1S/C10H17NO3/c1-7-5-8(12)11(6-7)9(13)14-10(2,3)4/h8,12H,1,5-6H2,2-4H3. The van der Waals surface area contributed by atoms with Gasteiger partial charge >= 0.3 is 6.09 Å². The molecule has 4 heteroatoms. The van der Waals surface area contributed by atoms with Gasteiger partial charge in [-0.2, -0.15) is 0 Å². The Hall–Kier alpha value is -1.03. The van der Waals surface area contributed by atoms with Crippen molar-refractivity contribution in [1.82, 2.24) is 4.90 Å². The maximum absolute atomic E-state index is 11.5. The summed E-state index contributed by atoms with van der Waals surface area (Å²) < 4.78 is 5.13. The van der Waals surface area contributed by atoms with E-state index in [4.69, 9.17) is 4.74 Å². The number of carbonyl (C=O) groups excluding carboxylic acids is 1. The number of nitrogens with zero attached hydrogens (tertiary/aromatic N) is 1. The van der Waals surface area contributed by atoms with Crippen LogP contribution in [0.4, 0.5) is 4.79 Å². The van der Waals surface area contributed by atoms with Crippen molar-refractivity contribution in [3.8, 4) is 0 Å². The summed E-state index contributed by atoms with van der Waals surface area (Å²) in [6, 6.07) is 0. The highest BCUT2D eigenvalue weighted by molar-refractivity contribution is 5.69. The largest absolute Gasteiger partial charge is 0.444 e. The van der Waals surface area contributed by atoms with Crippen molar-refractivity contribution in [2.45, 2.75) is 39.0 Å². The molecule has 80 valence electrons. The molecule has 4 nitrogen and oxygen atoms in total. The molecule has 0 aromatic heterocycles. The Bertz CT molecular complexity index is 255. The molecule has 0 radical (unpaired) electrons. The lowest BCUT2D eigenvalue weighted by molar-refractivity contribution is -0.0128. The highest BCUT2D eigenvalue weighted by Crippen LogP contribution is 2.21. The minimum atomic E-state index is -0.780. The van der Waals surface area contributed by atoms with E-state index in [9.17, 15) is 9.90 Å². The highest BCUT2D eigenvalue weighted by Gasteiger charge is 2.32. The van der Waals surface area contributed by atoms with Gasteiger partial charge in [-0.3, -0.25) is 4.90 Å². The summed E-state index contributed by atoms with van der Waals surface area (Å²) in [6.07, 6.45) is -0.819. The summed E-state index contributed by atoms with van der Waals surface area (Å²) in [5.41, 5.74) is 0.323. The molecule has 1 N–H and O–H groups in total. The molecule has 1 aliphatic heterocycles. The molecule has 1 fully saturated rings. The molecule has 0 bridgehead atoms. The van der Waals surface area contributed by atoms with Crippen LogP contribution >= 0.6 is 0 Å². The van der Waals surface area contributed by atoms with E-state index in [-0.39, 0.29) is 0 Å². The predicted octanol–water partition coefficient (Wildman–Crippen LogP) is 1.50. The van der Waals surface area contributed by atoms with E-state index in [1.54, 1.807) is 20.8 Å². The van der Waals surface area contributed by atoms with Crippen LogP contribution in [-0.2, 0) is 4.74 Å². The molecular formula is C10H17NO3. The number of carbonyl (C=O) groups is 1. The molecule has 1 rings (SSSR count). The van der Waals surface area contributed by atoms with Gasteiger partial charge in [-0.25, -0.2) is 4.79 Å². The Balaban J connectivity index is 2.58. The van der Waals surface area contributed by atoms with Crippen LogP contribution < -0.4 is 0 Å². The Morgan fingerprint density at radius 1 is 1.64 bits per heavy atom. The molecule has 1 saturated heterocycles. The number of hydrogen-bond donors (Lipinski definition) is 1. The van der Waals surface area contributed by atoms with Crippen LogP contribution in [0.25, 0.3) is 0 Å². The monoisotopic (exact) mass is 199 g/mol. The van der Waals surface area contributed by atoms with Crippen LogP contribution in [0, 0.1) is 0 Å². The smallest absolute Gasteiger partial charge is 0.412 e. The van der Waals surface area contributed by atoms with Gasteiger partial charge in [0.15, 0.2) is 0 Å². The number of ether oxygens (including phenoxy) is 1. The lowest BCUT2D eigenvalue weighted by Gasteiger charge is -2.25. The van der Waals surface area contributed by atoms with Gasteiger partial charge in [-0.1, -0.05) is 12.2 Å². The summed E-state index contributed by atoms with van der Waals surface area (Å²) in [6.45, 7) is 9.49. The fourth-order valence-electron chi connectivity index (χ4n) is 1.29. The molecular weight excluding hydrogens is 182 g/mol. The summed E-state index contributed by atoms with van der Waals surface area (Å²) in [7, 11) is 0. The van der Waals surface area contributed by atoms with E-state index in [0.717, 1.165) is 5.57 Å². The van der Waals surface area contributed by atoms with Crippen LogP contribution in [-0.4, -0.2) is 34.5 Å². The number of rotatable bonds is 0. The molecule has 0 spiro atoms. The second kappa shape index (κ2) is 3.61. The minimum absolute atomic E-state index is 0.385. The van der Waals surface area contributed by atoms with Gasteiger partial charge < -0.3 is 9.84 Å². The van der Waals surface area contributed by atoms with Crippen molar-refractivity contribution in [2.24, 2.45) is 0 Å². The third kappa shape index (κ3) is 2.73. The van der Waals surface area contributed by atoms with Gasteiger partial charge in [-0.15, -0.1) is 0 Å². The predicted molar refractivity (Wildman–Crippen MR) is 52.7 cm³/mol. The fraction of sp³-hybridized carbons (Fsp3) is 0.700. The Labute approximate surface area is 84.2 Å². The zero-order valence-corrected chi connectivity index (χ0v) is 8.91. The Morgan fingerprint density at radius 2 is 2.21 bits per heavy atom. The van der Waals surface area contributed by atoms with Crippen LogP contribution in [0.5, 0.6) is 0 Å². The highest BCUT2D eigenvalue weighted by atomic mass is 16.6. The maximum Gasteiger partial charge on any atom is 0.412 e. The molecule has 0 aliphatic carbocycles. The molecule has 1 aliphatic rings. The van der Waals surface area contributed by atoms with Crippen LogP contribution in [0.3, 0.4) is 0 Å². The van der Waals surface area contributed by atoms with Gasteiger partial charge in [0.1, 0.15) is 11.8 Å². The Kier molecular flexibility index (Phi) is 2.85.